The molecule has 0 unspecified atom stereocenters. The van der Waals surface area contributed by atoms with Gasteiger partial charge in [-0.15, -0.1) is 0 Å². The van der Waals surface area contributed by atoms with Crippen molar-refractivity contribution in [1.82, 2.24) is 9.78 Å². The highest BCUT2D eigenvalue weighted by Gasteiger charge is 2.29. The molecular formula is C9H11FN2O2. The van der Waals surface area contributed by atoms with Crippen molar-refractivity contribution in [3.8, 4) is 0 Å². The first-order valence-electron chi connectivity index (χ1n) is 4.60. The maximum Gasteiger partial charge on any atom is 0.338 e. The highest BCUT2D eigenvalue weighted by Crippen LogP contribution is 2.31. The van der Waals surface area contributed by atoms with E-state index in [0.29, 0.717) is 6.42 Å². The lowest BCUT2D eigenvalue weighted by Gasteiger charge is -2.12. The van der Waals surface area contributed by atoms with Gasteiger partial charge < -0.3 is 5.11 Å². The summed E-state index contributed by atoms with van der Waals surface area (Å²) in [6, 6.07) is -0.275. The number of hydrogen-bond donors (Lipinski definition) is 1. The van der Waals surface area contributed by atoms with Crippen LogP contribution < -0.4 is 0 Å². The van der Waals surface area contributed by atoms with Crippen molar-refractivity contribution in [2.75, 3.05) is 0 Å². The molecule has 1 fully saturated rings. The number of carboxylic acid groups (broad SMARTS) is 1. The third-order valence-electron chi connectivity index (χ3n) is 2.59. The predicted octanol–water partition coefficient (Wildman–Crippen LogP) is 1.64. The topological polar surface area (TPSA) is 55.1 Å². The Labute approximate surface area is 80.3 Å². The molecule has 0 aliphatic heterocycles. The zero-order valence-electron chi connectivity index (χ0n) is 7.56. The highest BCUT2D eigenvalue weighted by molar-refractivity contribution is 5.86. The second kappa shape index (κ2) is 3.40. The molecule has 1 heterocycles. The number of nitrogens with zero attached hydrogens (tertiary/aromatic N) is 2. The molecule has 0 aromatic carbocycles. The average Bonchev–Trinajstić information content (AvgIpc) is 2.71. The fourth-order valence-electron chi connectivity index (χ4n) is 1.82. The van der Waals surface area contributed by atoms with Crippen LogP contribution in [0.4, 0.5) is 4.39 Å². The minimum Gasteiger partial charge on any atom is -0.478 e. The van der Waals surface area contributed by atoms with Gasteiger partial charge in [-0.3, -0.25) is 4.68 Å². The minimum atomic E-state index is -1.02. The Hall–Kier alpha value is -1.39. The van der Waals surface area contributed by atoms with Gasteiger partial charge in [-0.2, -0.15) is 5.10 Å². The van der Waals surface area contributed by atoms with Crippen molar-refractivity contribution in [3.05, 3.63) is 18.0 Å². The summed E-state index contributed by atoms with van der Waals surface area (Å²) in [6.07, 6.45) is 3.89. The molecule has 76 valence electrons. The van der Waals surface area contributed by atoms with Gasteiger partial charge >= 0.3 is 5.97 Å². The van der Waals surface area contributed by atoms with Crippen molar-refractivity contribution < 1.29 is 14.3 Å². The van der Waals surface area contributed by atoms with E-state index in [9.17, 15) is 9.18 Å². The van der Waals surface area contributed by atoms with E-state index in [1.807, 2.05) is 0 Å². The van der Waals surface area contributed by atoms with Crippen LogP contribution in [0, 0.1) is 0 Å². The molecule has 2 rings (SSSR count). The van der Waals surface area contributed by atoms with Gasteiger partial charge in [0.2, 0.25) is 0 Å². The van der Waals surface area contributed by atoms with Gasteiger partial charge in [-0.25, -0.2) is 9.18 Å². The summed E-state index contributed by atoms with van der Waals surface area (Å²) in [4.78, 5) is 10.6. The second-order valence-corrected chi connectivity index (χ2v) is 3.53. The molecule has 0 amide bonds. The van der Waals surface area contributed by atoms with Crippen LogP contribution in [0.15, 0.2) is 12.4 Å². The molecular weight excluding hydrogens is 187 g/mol. The summed E-state index contributed by atoms with van der Waals surface area (Å²) in [5, 5.41) is 12.5. The summed E-state index contributed by atoms with van der Waals surface area (Å²) in [5.74, 6) is -1.02. The molecule has 0 radical (unpaired) electrons. The van der Waals surface area contributed by atoms with Gasteiger partial charge in [0.25, 0.3) is 0 Å². The first-order valence-corrected chi connectivity index (χ1v) is 4.60. The smallest absolute Gasteiger partial charge is 0.338 e. The Morgan fingerprint density at radius 2 is 2.43 bits per heavy atom. The van der Waals surface area contributed by atoms with E-state index in [1.165, 1.54) is 17.1 Å². The van der Waals surface area contributed by atoms with E-state index in [1.54, 1.807) is 0 Å². The summed E-state index contributed by atoms with van der Waals surface area (Å²) < 4.78 is 14.7. The van der Waals surface area contributed by atoms with Crippen molar-refractivity contribution in [2.45, 2.75) is 31.5 Å². The third-order valence-corrected chi connectivity index (χ3v) is 2.59. The molecule has 5 heteroatoms. The number of hydrogen-bond acceptors (Lipinski definition) is 2. The maximum atomic E-state index is 13.3. The number of halogens is 1. The number of aromatic carboxylic acids is 1. The van der Waals surface area contributed by atoms with Crippen LogP contribution in [-0.4, -0.2) is 27.0 Å². The zero-order valence-corrected chi connectivity index (χ0v) is 7.56. The largest absolute Gasteiger partial charge is 0.478 e. The molecule has 1 aromatic heterocycles. The Morgan fingerprint density at radius 1 is 1.64 bits per heavy atom. The van der Waals surface area contributed by atoms with Crippen LogP contribution in [0.25, 0.3) is 0 Å². The highest BCUT2D eigenvalue weighted by atomic mass is 19.1. The van der Waals surface area contributed by atoms with Gasteiger partial charge in [-0.1, -0.05) is 0 Å². The Balaban J connectivity index is 2.20. The summed E-state index contributed by atoms with van der Waals surface area (Å²) in [5.41, 5.74) is 0.115. The standard InChI is InChI=1S/C9H11FN2O2/c10-7-2-1-3-8(7)12-5-6(4-11-12)9(13)14/h4-5,7-8H,1-3H2,(H,13,14)/t7-,8-/m1/s1. The van der Waals surface area contributed by atoms with Crippen LogP contribution >= 0.6 is 0 Å². The molecule has 1 saturated carbocycles. The SMILES string of the molecule is O=C(O)c1cnn([C@@H]2CCC[C@H]2F)c1. The molecule has 14 heavy (non-hydrogen) atoms. The first kappa shape index (κ1) is 9.18. The van der Waals surface area contributed by atoms with Gasteiger partial charge in [0.05, 0.1) is 17.8 Å². The number of carbonyl (C=O) groups is 1. The first-order chi connectivity index (χ1) is 6.68. The van der Waals surface area contributed by atoms with E-state index >= 15 is 0 Å². The Bertz CT molecular complexity index is 350. The van der Waals surface area contributed by atoms with Gasteiger partial charge in [0, 0.05) is 6.20 Å². The van der Waals surface area contributed by atoms with E-state index in [4.69, 9.17) is 5.11 Å². The van der Waals surface area contributed by atoms with Gasteiger partial charge in [0.1, 0.15) is 6.17 Å². The van der Waals surface area contributed by atoms with Crippen molar-refractivity contribution in [1.29, 1.82) is 0 Å². The number of aromatic nitrogens is 2. The van der Waals surface area contributed by atoms with E-state index in [0.717, 1.165) is 12.8 Å². The molecule has 0 bridgehead atoms. The molecule has 0 saturated heterocycles. The average molecular weight is 198 g/mol. The van der Waals surface area contributed by atoms with E-state index < -0.39 is 12.1 Å². The quantitative estimate of drug-likeness (QED) is 0.786. The molecule has 1 aliphatic rings. The van der Waals surface area contributed by atoms with Gasteiger partial charge in [-0.05, 0) is 19.3 Å². The molecule has 1 N–H and O–H groups in total. The number of carboxylic acids is 1. The van der Waals surface area contributed by atoms with Crippen LogP contribution in [0.3, 0.4) is 0 Å². The monoisotopic (exact) mass is 198 g/mol. The lowest BCUT2D eigenvalue weighted by molar-refractivity contribution is 0.0696. The normalized spacial score (nSPS) is 26.6. The zero-order chi connectivity index (χ0) is 10.1. The van der Waals surface area contributed by atoms with Crippen molar-refractivity contribution >= 4 is 5.97 Å². The second-order valence-electron chi connectivity index (χ2n) is 3.53. The number of alkyl halides is 1. The molecule has 1 aromatic rings. The predicted molar refractivity (Wildman–Crippen MR) is 47.0 cm³/mol. The van der Waals surface area contributed by atoms with Gasteiger partial charge in [0.15, 0.2) is 0 Å². The molecule has 1 aliphatic carbocycles. The van der Waals surface area contributed by atoms with Crippen molar-refractivity contribution in [2.24, 2.45) is 0 Å². The fourth-order valence-corrected chi connectivity index (χ4v) is 1.82. The van der Waals surface area contributed by atoms with E-state index in [-0.39, 0.29) is 11.6 Å². The van der Waals surface area contributed by atoms with Crippen LogP contribution in [0.5, 0.6) is 0 Å². The Kier molecular flexibility index (Phi) is 2.23. The summed E-state index contributed by atoms with van der Waals surface area (Å²) in [6.45, 7) is 0. The Morgan fingerprint density at radius 3 is 2.93 bits per heavy atom. The van der Waals surface area contributed by atoms with Crippen molar-refractivity contribution in [3.63, 3.8) is 0 Å². The maximum absolute atomic E-state index is 13.3. The molecule has 4 nitrogen and oxygen atoms in total. The summed E-state index contributed by atoms with van der Waals surface area (Å²) in [7, 11) is 0. The molecule has 0 spiro atoms. The number of rotatable bonds is 2. The lowest BCUT2D eigenvalue weighted by atomic mass is 10.2. The van der Waals surface area contributed by atoms with Crippen LogP contribution in [0.1, 0.15) is 35.7 Å². The van der Waals surface area contributed by atoms with E-state index in [2.05, 4.69) is 5.10 Å². The molecule has 2 atom stereocenters. The van der Waals surface area contributed by atoms with Crippen LogP contribution in [-0.2, 0) is 0 Å². The summed E-state index contributed by atoms with van der Waals surface area (Å²) >= 11 is 0. The lowest BCUT2D eigenvalue weighted by Crippen LogP contribution is -2.15. The fraction of sp³-hybridized carbons (Fsp3) is 0.556. The third kappa shape index (κ3) is 1.49. The minimum absolute atomic E-state index is 0.115. The van der Waals surface area contributed by atoms with Crippen LogP contribution in [0.2, 0.25) is 0 Å².